The fourth-order valence-corrected chi connectivity index (χ4v) is 7.23. The topological polar surface area (TPSA) is 131 Å². The predicted octanol–water partition coefficient (Wildman–Crippen LogP) is 5.10. The zero-order valence-corrected chi connectivity index (χ0v) is 27.8. The Kier molecular flexibility index (Phi) is 8.41. The number of hydrogen-bond donors (Lipinski definition) is 2. The highest BCUT2D eigenvalue weighted by molar-refractivity contribution is 5.99. The number of carbonyl (C=O) groups is 3. The molecule has 50 heavy (non-hydrogen) atoms. The minimum Gasteiger partial charge on any atom is -0.381 e. The van der Waals surface area contributed by atoms with E-state index in [1.54, 1.807) is 19.2 Å². The normalized spacial score (nSPS) is 16.0. The Morgan fingerprint density at radius 2 is 1.86 bits per heavy atom. The zero-order valence-electron chi connectivity index (χ0n) is 27.8. The number of hydrogen-bond acceptors (Lipinski definition) is 7. The molecule has 11 nitrogen and oxygen atoms in total. The van der Waals surface area contributed by atoms with Crippen molar-refractivity contribution >= 4 is 34.6 Å². The first-order valence-corrected chi connectivity index (χ1v) is 17.1. The number of rotatable bonds is 7. The van der Waals surface area contributed by atoms with Gasteiger partial charge in [-0.15, -0.1) is 0 Å². The van der Waals surface area contributed by atoms with E-state index in [4.69, 9.17) is 14.7 Å². The molecule has 252 valence electrons. The number of ether oxygens (including phenoxy) is 1. The summed E-state index contributed by atoms with van der Waals surface area (Å²) < 4.78 is 7.98. The summed E-state index contributed by atoms with van der Waals surface area (Å²) >= 11 is 0. The average molecular weight is 668 g/mol. The van der Waals surface area contributed by atoms with E-state index in [1.165, 1.54) is 0 Å². The van der Waals surface area contributed by atoms with Crippen LogP contribution in [0.5, 0.6) is 0 Å². The van der Waals surface area contributed by atoms with E-state index in [1.807, 2.05) is 59.6 Å². The van der Waals surface area contributed by atoms with E-state index in [0.29, 0.717) is 43.4 Å². The fourth-order valence-electron chi connectivity index (χ4n) is 7.23. The van der Waals surface area contributed by atoms with Gasteiger partial charge in [-0.05, 0) is 53.6 Å². The van der Waals surface area contributed by atoms with Crippen molar-refractivity contribution in [3.63, 3.8) is 0 Å². The maximum absolute atomic E-state index is 12.8. The van der Waals surface area contributed by atoms with Crippen LogP contribution in [0, 0.1) is 0 Å². The SMILES string of the molecule is CC(=O)N1CCn2c(C3CCOCC3)nc(-c3cccc4cc(-c5ccc(C(=O)NC/C=C\c6cccc7c6CNC7=O)nc5)ncc34)c2C1. The van der Waals surface area contributed by atoms with Crippen molar-refractivity contribution in [1.29, 1.82) is 0 Å². The summed E-state index contributed by atoms with van der Waals surface area (Å²) in [6.45, 7) is 5.87. The lowest BCUT2D eigenvalue weighted by Gasteiger charge is -2.30. The molecule has 0 spiro atoms. The summed E-state index contributed by atoms with van der Waals surface area (Å²) in [5.41, 5.74) is 7.44. The highest BCUT2D eigenvalue weighted by Crippen LogP contribution is 2.37. The quantitative estimate of drug-likeness (QED) is 0.247. The number of carbonyl (C=O) groups excluding carboxylic acids is 3. The van der Waals surface area contributed by atoms with Crippen molar-refractivity contribution in [2.24, 2.45) is 0 Å². The van der Waals surface area contributed by atoms with E-state index < -0.39 is 0 Å². The monoisotopic (exact) mass is 667 g/mol. The van der Waals surface area contributed by atoms with Gasteiger partial charge in [0.05, 0.1) is 23.6 Å². The number of nitrogens with one attached hydrogen (secondary N) is 2. The van der Waals surface area contributed by atoms with E-state index in [2.05, 4.69) is 32.3 Å². The van der Waals surface area contributed by atoms with Crippen molar-refractivity contribution in [3.05, 3.63) is 107 Å². The Morgan fingerprint density at radius 1 is 1.02 bits per heavy atom. The van der Waals surface area contributed by atoms with Gasteiger partial charge in [-0.25, -0.2) is 4.98 Å². The molecule has 1 saturated heterocycles. The first-order chi connectivity index (χ1) is 24.4. The number of fused-ring (bicyclic) bond motifs is 3. The summed E-state index contributed by atoms with van der Waals surface area (Å²) in [6.07, 6.45) is 9.21. The molecule has 1 fully saturated rings. The van der Waals surface area contributed by atoms with Crippen LogP contribution in [0.2, 0.25) is 0 Å². The minimum absolute atomic E-state index is 0.0581. The molecule has 8 rings (SSSR count). The van der Waals surface area contributed by atoms with Crippen molar-refractivity contribution in [2.75, 3.05) is 26.3 Å². The molecule has 0 unspecified atom stereocenters. The summed E-state index contributed by atoms with van der Waals surface area (Å²) in [7, 11) is 0. The van der Waals surface area contributed by atoms with Crippen LogP contribution in [-0.4, -0.2) is 68.4 Å². The van der Waals surface area contributed by atoms with Crippen molar-refractivity contribution in [3.8, 4) is 22.5 Å². The Labute approximate surface area is 289 Å². The second-order valence-electron chi connectivity index (χ2n) is 12.9. The van der Waals surface area contributed by atoms with Crippen molar-refractivity contribution < 1.29 is 19.1 Å². The van der Waals surface area contributed by atoms with Crippen molar-refractivity contribution in [2.45, 2.75) is 45.3 Å². The summed E-state index contributed by atoms with van der Waals surface area (Å²) in [4.78, 5) is 53.6. The highest BCUT2D eigenvalue weighted by atomic mass is 16.5. The van der Waals surface area contributed by atoms with E-state index in [9.17, 15) is 14.4 Å². The third-order valence-electron chi connectivity index (χ3n) is 9.94. The molecule has 0 atom stereocenters. The lowest BCUT2D eigenvalue weighted by molar-refractivity contribution is -0.130. The summed E-state index contributed by atoms with van der Waals surface area (Å²) in [5.74, 6) is 1.15. The number of aromatic nitrogens is 4. The Morgan fingerprint density at radius 3 is 2.68 bits per heavy atom. The summed E-state index contributed by atoms with van der Waals surface area (Å²) in [6, 6.07) is 17.4. The second kappa shape index (κ2) is 13.3. The molecule has 11 heteroatoms. The minimum atomic E-state index is -0.278. The number of benzene rings is 2. The lowest BCUT2D eigenvalue weighted by Crippen LogP contribution is -2.37. The molecule has 3 aromatic heterocycles. The van der Waals surface area contributed by atoms with Gasteiger partial charge >= 0.3 is 0 Å². The van der Waals surface area contributed by atoms with Crippen LogP contribution in [0.15, 0.2) is 73.1 Å². The third-order valence-corrected chi connectivity index (χ3v) is 9.94. The predicted molar refractivity (Wildman–Crippen MR) is 189 cm³/mol. The molecule has 3 amide bonds. The Balaban J connectivity index is 1.01. The Bertz CT molecular complexity index is 2170. The molecule has 6 heterocycles. The first-order valence-electron chi connectivity index (χ1n) is 17.1. The van der Waals surface area contributed by atoms with E-state index in [0.717, 1.165) is 88.5 Å². The maximum atomic E-state index is 12.8. The van der Waals surface area contributed by atoms with Gasteiger partial charge in [0, 0.05) is 86.7 Å². The lowest BCUT2D eigenvalue weighted by atomic mass is 9.99. The second-order valence-corrected chi connectivity index (χ2v) is 12.9. The molecule has 2 N–H and O–H groups in total. The van der Waals surface area contributed by atoms with Gasteiger partial charge in [0.1, 0.15) is 11.5 Å². The molecule has 0 bridgehead atoms. The van der Waals surface area contributed by atoms with Crippen LogP contribution in [0.4, 0.5) is 0 Å². The van der Waals surface area contributed by atoms with Gasteiger partial charge in [-0.3, -0.25) is 24.4 Å². The standard InChI is InChI=1S/C39H37N7O4/c1-24(47)45-15-16-46-35(23-45)36(44-37(46)26-12-17-50-18-13-26)29-8-3-6-27-19-34(42-21-32(27)29)28-10-11-33(41-20-28)39(49)40-14-4-7-25-5-2-9-30-31(25)22-43-38(30)48/h2-11,19-21,26H,12-18,22-23H2,1H3,(H,40,49)(H,43,48)/b7-4-. The highest BCUT2D eigenvalue weighted by Gasteiger charge is 2.31. The van der Waals surface area contributed by atoms with Gasteiger partial charge in [-0.2, -0.15) is 0 Å². The van der Waals surface area contributed by atoms with Crippen LogP contribution in [0.25, 0.3) is 39.4 Å². The molecule has 3 aliphatic rings. The first kappa shape index (κ1) is 31.6. The molecule has 3 aliphatic heterocycles. The van der Waals surface area contributed by atoms with Gasteiger partial charge in [0.25, 0.3) is 11.8 Å². The largest absolute Gasteiger partial charge is 0.381 e. The third kappa shape index (κ3) is 5.94. The average Bonchev–Trinajstić information content (AvgIpc) is 3.73. The molecular weight excluding hydrogens is 630 g/mol. The summed E-state index contributed by atoms with van der Waals surface area (Å²) in [5, 5.41) is 7.72. The van der Waals surface area contributed by atoms with E-state index >= 15 is 0 Å². The van der Waals surface area contributed by atoms with Gasteiger partial charge in [0.2, 0.25) is 5.91 Å². The van der Waals surface area contributed by atoms with Crippen molar-refractivity contribution in [1.82, 2.24) is 35.1 Å². The molecule has 0 radical (unpaired) electrons. The van der Waals surface area contributed by atoms with Gasteiger partial charge in [0.15, 0.2) is 0 Å². The molecule has 2 aromatic carbocycles. The molecule has 0 aliphatic carbocycles. The maximum Gasteiger partial charge on any atom is 0.270 e. The smallest absolute Gasteiger partial charge is 0.270 e. The zero-order chi connectivity index (χ0) is 34.2. The van der Waals surface area contributed by atoms with Crippen LogP contribution in [-0.2, 0) is 29.2 Å². The molecule has 0 saturated carbocycles. The van der Waals surface area contributed by atoms with Gasteiger partial charge < -0.3 is 24.8 Å². The fraction of sp³-hybridized carbons (Fsp3) is 0.282. The number of pyridine rings is 2. The Hall–Kier alpha value is -5.68. The van der Waals surface area contributed by atoms with Gasteiger partial charge in [-0.1, -0.05) is 42.5 Å². The van der Waals surface area contributed by atoms with Crippen LogP contribution < -0.4 is 10.6 Å². The van der Waals surface area contributed by atoms with Crippen LogP contribution >= 0.6 is 0 Å². The van der Waals surface area contributed by atoms with Crippen LogP contribution in [0.1, 0.15) is 69.2 Å². The number of nitrogens with zero attached hydrogens (tertiary/aromatic N) is 5. The molecular formula is C39H37N7O4. The number of amides is 3. The molecule has 5 aromatic rings. The number of imidazole rings is 1. The van der Waals surface area contributed by atoms with E-state index in [-0.39, 0.29) is 17.7 Å². The van der Waals surface area contributed by atoms with Crippen LogP contribution in [0.3, 0.4) is 0 Å².